The van der Waals surface area contributed by atoms with Crippen molar-refractivity contribution in [2.45, 2.75) is 25.6 Å². The summed E-state index contributed by atoms with van der Waals surface area (Å²) in [5.74, 6) is 3.09. The molecular formula is C22H19ClN2O3. The first-order valence-corrected chi connectivity index (χ1v) is 9.54. The lowest BCUT2D eigenvalue weighted by molar-refractivity contribution is -0.0208. The van der Waals surface area contributed by atoms with Crippen LogP contribution in [0.4, 0.5) is 0 Å². The molecule has 0 saturated heterocycles. The Labute approximate surface area is 168 Å². The summed E-state index contributed by atoms with van der Waals surface area (Å²) in [5.41, 5.74) is 2.81. The lowest BCUT2D eigenvalue weighted by Gasteiger charge is -2.38. The van der Waals surface area contributed by atoms with Crippen LogP contribution < -0.4 is 9.47 Å². The third-order valence-corrected chi connectivity index (χ3v) is 5.54. The quantitative estimate of drug-likeness (QED) is 0.589. The third-order valence-electron chi connectivity index (χ3n) is 5.20. The number of hydrogen-bond acceptors (Lipinski definition) is 5. The van der Waals surface area contributed by atoms with Gasteiger partial charge in [-0.2, -0.15) is 5.10 Å². The minimum absolute atomic E-state index is 0.0144. The zero-order valence-corrected chi connectivity index (χ0v) is 16.3. The van der Waals surface area contributed by atoms with Crippen molar-refractivity contribution in [2.24, 2.45) is 5.10 Å². The van der Waals surface area contributed by atoms with Gasteiger partial charge in [-0.3, -0.25) is 0 Å². The van der Waals surface area contributed by atoms with Crippen LogP contribution in [0.3, 0.4) is 0 Å². The number of rotatable bonds is 3. The van der Waals surface area contributed by atoms with E-state index in [0.29, 0.717) is 10.8 Å². The van der Waals surface area contributed by atoms with Crippen LogP contribution in [-0.2, 0) is 0 Å². The van der Waals surface area contributed by atoms with Gasteiger partial charge in [-0.15, -0.1) is 0 Å². The van der Waals surface area contributed by atoms with Crippen molar-refractivity contribution in [3.63, 3.8) is 0 Å². The topological polar surface area (TPSA) is 47.2 Å². The van der Waals surface area contributed by atoms with Crippen molar-refractivity contribution in [1.29, 1.82) is 0 Å². The van der Waals surface area contributed by atoms with E-state index in [1.165, 1.54) is 0 Å². The summed E-state index contributed by atoms with van der Waals surface area (Å²) in [5, 5.41) is 7.50. The molecule has 0 fully saturated rings. The number of hydrazone groups is 1. The van der Waals surface area contributed by atoms with Crippen LogP contribution in [0.5, 0.6) is 11.5 Å². The molecular weight excluding hydrogens is 376 g/mol. The average molecular weight is 395 g/mol. The minimum atomic E-state index is -0.448. The van der Waals surface area contributed by atoms with Gasteiger partial charge in [-0.1, -0.05) is 41.9 Å². The Morgan fingerprint density at radius 2 is 1.89 bits per heavy atom. The van der Waals surface area contributed by atoms with E-state index in [1.807, 2.05) is 60.5 Å². The van der Waals surface area contributed by atoms with Gasteiger partial charge in [0, 0.05) is 22.6 Å². The summed E-state index contributed by atoms with van der Waals surface area (Å²) < 4.78 is 17.8. The molecule has 0 unspecified atom stereocenters. The summed E-state index contributed by atoms with van der Waals surface area (Å²) in [6.07, 6.45) is 0.272. The number of aryl methyl sites for hydroxylation is 1. The molecule has 0 amide bonds. The van der Waals surface area contributed by atoms with Crippen LogP contribution in [0.15, 0.2) is 64.1 Å². The smallest absolute Gasteiger partial charge is 0.215 e. The second-order valence-corrected chi connectivity index (χ2v) is 7.33. The lowest BCUT2D eigenvalue weighted by Crippen LogP contribution is -2.34. The highest BCUT2D eigenvalue weighted by atomic mass is 35.5. The molecule has 3 aromatic rings. The molecule has 28 heavy (non-hydrogen) atoms. The molecule has 0 bridgehead atoms. The van der Waals surface area contributed by atoms with E-state index in [0.717, 1.165) is 40.5 Å². The highest BCUT2D eigenvalue weighted by Gasteiger charge is 2.43. The normalized spacial score (nSPS) is 20.2. The molecule has 2 aliphatic rings. The third kappa shape index (κ3) is 2.66. The molecule has 0 aliphatic carbocycles. The molecule has 2 aliphatic heterocycles. The summed E-state index contributed by atoms with van der Waals surface area (Å²) in [7, 11) is 1.65. The molecule has 0 saturated carbocycles. The standard InChI is InChI=1S/C22H19ClN2O3/c1-13-10-11-19(27-13)17-12-18-15-7-5-9-20(26-2)21(15)28-22(25(18)24-17)14-6-3-4-8-16(14)23/h3-11,18,22H,12H2,1-2H3/t18-,22-/m1/s1. The minimum Gasteiger partial charge on any atom is -0.493 e. The van der Waals surface area contributed by atoms with Gasteiger partial charge in [0.05, 0.1) is 13.2 Å². The van der Waals surface area contributed by atoms with Crippen LogP contribution in [0, 0.1) is 6.92 Å². The Balaban J connectivity index is 1.65. The Kier molecular flexibility index (Phi) is 4.05. The number of furan rings is 1. The van der Waals surface area contributed by atoms with Gasteiger partial charge in [0.2, 0.25) is 6.23 Å². The van der Waals surface area contributed by atoms with Crippen molar-refractivity contribution in [3.05, 3.63) is 82.3 Å². The van der Waals surface area contributed by atoms with Gasteiger partial charge in [-0.05, 0) is 31.2 Å². The number of hydrogen-bond donors (Lipinski definition) is 0. The molecule has 2 atom stereocenters. The molecule has 6 heteroatoms. The highest BCUT2D eigenvalue weighted by molar-refractivity contribution is 6.31. The van der Waals surface area contributed by atoms with E-state index < -0.39 is 6.23 Å². The number of nitrogens with zero attached hydrogens (tertiary/aromatic N) is 2. The van der Waals surface area contributed by atoms with E-state index in [4.69, 9.17) is 30.6 Å². The molecule has 5 rings (SSSR count). The van der Waals surface area contributed by atoms with Gasteiger partial charge in [0.15, 0.2) is 11.5 Å². The number of methoxy groups -OCH3 is 1. The predicted molar refractivity (Wildman–Crippen MR) is 107 cm³/mol. The second kappa shape index (κ2) is 6.60. The van der Waals surface area contributed by atoms with Crippen LogP contribution >= 0.6 is 11.6 Å². The average Bonchev–Trinajstić information content (AvgIpc) is 3.34. The number of ether oxygens (including phenoxy) is 2. The Morgan fingerprint density at radius 1 is 1.07 bits per heavy atom. The van der Waals surface area contributed by atoms with E-state index >= 15 is 0 Å². The van der Waals surface area contributed by atoms with Crippen molar-refractivity contribution in [2.75, 3.05) is 7.11 Å². The van der Waals surface area contributed by atoms with E-state index in [-0.39, 0.29) is 6.04 Å². The molecule has 0 spiro atoms. The van der Waals surface area contributed by atoms with E-state index in [2.05, 4.69) is 6.07 Å². The maximum atomic E-state index is 6.50. The van der Waals surface area contributed by atoms with Crippen molar-refractivity contribution >= 4 is 17.3 Å². The van der Waals surface area contributed by atoms with Gasteiger partial charge in [0.25, 0.3) is 0 Å². The first-order chi connectivity index (χ1) is 13.7. The maximum absolute atomic E-state index is 6.50. The fourth-order valence-corrected chi connectivity index (χ4v) is 4.09. The lowest BCUT2D eigenvalue weighted by atomic mass is 9.97. The molecule has 3 heterocycles. The number of fused-ring (bicyclic) bond motifs is 3. The zero-order valence-electron chi connectivity index (χ0n) is 15.6. The second-order valence-electron chi connectivity index (χ2n) is 6.93. The fraction of sp³-hybridized carbons (Fsp3) is 0.227. The van der Waals surface area contributed by atoms with Crippen molar-refractivity contribution < 1.29 is 13.9 Å². The monoisotopic (exact) mass is 394 g/mol. The predicted octanol–water partition coefficient (Wildman–Crippen LogP) is 5.49. The Hall–Kier alpha value is -2.92. The number of benzene rings is 2. The summed E-state index contributed by atoms with van der Waals surface area (Å²) in [6.45, 7) is 1.93. The van der Waals surface area contributed by atoms with E-state index in [9.17, 15) is 0 Å². The van der Waals surface area contributed by atoms with Gasteiger partial charge < -0.3 is 13.9 Å². The largest absolute Gasteiger partial charge is 0.493 e. The van der Waals surface area contributed by atoms with Gasteiger partial charge >= 0.3 is 0 Å². The number of para-hydroxylation sites is 1. The van der Waals surface area contributed by atoms with Gasteiger partial charge in [0.1, 0.15) is 17.2 Å². The zero-order chi connectivity index (χ0) is 19.3. The van der Waals surface area contributed by atoms with Crippen molar-refractivity contribution in [3.8, 4) is 11.5 Å². The first kappa shape index (κ1) is 17.2. The SMILES string of the molecule is COc1cccc2c1O[C@H](c1ccccc1Cl)N1N=C(c3ccc(C)o3)C[C@H]21. The molecule has 2 aromatic carbocycles. The summed E-state index contributed by atoms with van der Waals surface area (Å²) in [4.78, 5) is 0. The van der Waals surface area contributed by atoms with E-state index in [1.54, 1.807) is 7.11 Å². The van der Waals surface area contributed by atoms with Crippen LogP contribution in [0.1, 0.15) is 41.3 Å². The van der Waals surface area contributed by atoms with Crippen molar-refractivity contribution in [1.82, 2.24) is 5.01 Å². The Morgan fingerprint density at radius 3 is 2.64 bits per heavy atom. The van der Waals surface area contributed by atoms with Crippen LogP contribution in [-0.4, -0.2) is 17.8 Å². The molecule has 142 valence electrons. The summed E-state index contributed by atoms with van der Waals surface area (Å²) in [6, 6.07) is 17.6. The Bertz CT molecular complexity index is 1080. The molecule has 0 N–H and O–H groups in total. The fourth-order valence-electron chi connectivity index (χ4n) is 3.86. The highest BCUT2D eigenvalue weighted by Crippen LogP contribution is 2.51. The van der Waals surface area contributed by atoms with Crippen LogP contribution in [0.25, 0.3) is 0 Å². The first-order valence-electron chi connectivity index (χ1n) is 9.16. The molecule has 5 nitrogen and oxygen atoms in total. The van der Waals surface area contributed by atoms with Crippen LogP contribution in [0.2, 0.25) is 5.02 Å². The number of halogens is 1. The van der Waals surface area contributed by atoms with Gasteiger partial charge in [-0.25, -0.2) is 5.01 Å². The molecule has 1 aromatic heterocycles. The summed E-state index contributed by atoms with van der Waals surface area (Å²) >= 11 is 6.50. The maximum Gasteiger partial charge on any atom is 0.215 e. The molecule has 0 radical (unpaired) electrons.